The van der Waals surface area contributed by atoms with Crippen molar-refractivity contribution in [3.05, 3.63) is 64.4 Å². The van der Waals surface area contributed by atoms with Crippen LogP contribution in [0.5, 0.6) is 0 Å². The van der Waals surface area contributed by atoms with Crippen molar-refractivity contribution in [2.24, 2.45) is 0 Å². The van der Waals surface area contributed by atoms with Gasteiger partial charge in [0.25, 0.3) is 0 Å². The van der Waals surface area contributed by atoms with Gasteiger partial charge in [0.05, 0.1) is 20.4 Å². The molecule has 0 aliphatic rings. The number of nitrogens with one attached hydrogen (secondary N) is 1. The number of anilines is 1. The van der Waals surface area contributed by atoms with E-state index in [1.54, 1.807) is 16.0 Å². The standard InChI is InChI=1S/C21H19BrN4OS/c1-13-3-8-18-19(11-13)28-21(24-18)15-4-6-16(7-5-15)23-20(27)9-10-26-12-17(22)14(2)25-26/h3-8,11-12H,9-10H2,1-2H3,(H,23,27). The number of carbonyl (C=O) groups is 1. The van der Waals surface area contributed by atoms with Crippen LogP contribution in [-0.2, 0) is 11.3 Å². The predicted molar refractivity (Wildman–Crippen MR) is 118 cm³/mol. The van der Waals surface area contributed by atoms with E-state index in [1.807, 2.05) is 37.4 Å². The Morgan fingerprint density at radius 2 is 1.96 bits per heavy atom. The molecule has 1 amide bonds. The first-order chi connectivity index (χ1) is 13.5. The highest BCUT2D eigenvalue weighted by Crippen LogP contribution is 2.31. The molecule has 2 heterocycles. The van der Waals surface area contributed by atoms with Gasteiger partial charge in [-0.2, -0.15) is 5.10 Å². The van der Waals surface area contributed by atoms with Crippen LogP contribution in [-0.4, -0.2) is 20.7 Å². The molecule has 28 heavy (non-hydrogen) atoms. The lowest BCUT2D eigenvalue weighted by atomic mass is 10.2. The van der Waals surface area contributed by atoms with Crippen LogP contribution in [0.2, 0.25) is 0 Å². The SMILES string of the molecule is Cc1ccc2nc(-c3ccc(NC(=O)CCn4cc(Br)c(C)n4)cc3)sc2c1. The van der Waals surface area contributed by atoms with E-state index in [9.17, 15) is 4.79 Å². The molecule has 0 atom stereocenters. The summed E-state index contributed by atoms with van der Waals surface area (Å²) in [4.78, 5) is 16.9. The van der Waals surface area contributed by atoms with Gasteiger partial charge in [0.15, 0.2) is 0 Å². The van der Waals surface area contributed by atoms with Crippen LogP contribution in [0.4, 0.5) is 5.69 Å². The van der Waals surface area contributed by atoms with Crippen LogP contribution in [0.15, 0.2) is 53.1 Å². The highest BCUT2D eigenvalue weighted by Gasteiger charge is 2.08. The van der Waals surface area contributed by atoms with Crippen LogP contribution in [0.1, 0.15) is 17.7 Å². The van der Waals surface area contributed by atoms with Gasteiger partial charge >= 0.3 is 0 Å². The smallest absolute Gasteiger partial charge is 0.226 e. The van der Waals surface area contributed by atoms with Gasteiger partial charge < -0.3 is 5.32 Å². The number of hydrogen-bond acceptors (Lipinski definition) is 4. The minimum atomic E-state index is -0.0347. The Bertz CT molecular complexity index is 1130. The van der Waals surface area contributed by atoms with Crippen molar-refractivity contribution in [3.63, 3.8) is 0 Å². The van der Waals surface area contributed by atoms with E-state index in [4.69, 9.17) is 4.98 Å². The quantitative estimate of drug-likeness (QED) is 0.428. The monoisotopic (exact) mass is 454 g/mol. The number of amides is 1. The van der Waals surface area contributed by atoms with Crippen LogP contribution < -0.4 is 5.32 Å². The van der Waals surface area contributed by atoms with Crippen LogP contribution in [0.25, 0.3) is 20.8 Å². The van der Waals surface area contributed by atoms with E-state index in [2.05, 4.69) is 51.5 Å². The average molecular weight is 455 g/mol. The van der Waals surface area contributed by atoms with Crippen molar-refractivity contribution in [2.45, 2.75) is 26.8 Å². The van der Waals surface area contributed by atoms with E-state index < -0.39 is 0 Å². The summed E-state index contributed by atoms with van der Waals surface area (Å²) < 4.78 is 3.91. The van der Waals surface area contributed by atoms with Crippen molar-refractivity contribution < 1.29 is 4.79 Å². The number of aromatic nitrogens is 3. The minimum absolute atomic E-state index is 0.0347. The van der Waals surface area contributed by atoms with Crippen LogP contribution in [0, 0.1) is 13.8 Å². The number of carbonyl (C=O) groups excluding carboxylic acids is 1. The molecule has 0 bridgehead atoms. The van der Waals surface area contributed by atoms with Crippen LogP contribution in [0.3, 0.4) is 0 Å². The first-order valence-corrected chi connectivity index (χ1v) is 10.6. The lowest BCUT2D eigenvalue weighted by Crippen LogP contribution is -2.14. The summed E-state index contributed by atoms with van der Waals surface area (Å²) in [6.45, 7) is 4.55. The zero-order valence-electron chi connectivity index (χ0n) is 15.6. The molecule has 0 radical (unpaired) electrons. The topological polar surface area (TPSA) is 59.8 Å². The van der Waals surface area contributed by atoms with Crippen molar-refractivity contribution in [2.75, 3.05) is 5.32 Å². The van der Waals surface area contributed by atoms with Gasteiger partial charge in [-0.05, 0) is 71.7 Å². The van der Waals surface area contributed by atoms with E-state index in [0.29, 0.717) is 13.0 Å². The van der Waals surface area contributed by atoms with E-state index in [-0.39, 0.29) is 5.91 Å². The third kappa shape index (κ3) is 4.15. The van der Waals surface area contributed by atoms with Crippen molar-refractivity contribution >= 4 is 49.1 Å². The highest BCUT2D eigenvalue weighted by atomic mass is 79.9. The van der Waals surface area contributed by atoms with Gasteiger partial charge in [0.2, 0.25) is 5.91 Å². The Kier molecular flexibility index (Phi) is 5.28. The maximum atomic E-state index is 12.2. The molecular formula is C21H19BrN4OS. The molecule has 4 aromatic rings. The lowest BCUT2D eigenvalue weighted by molar-refractivity contribution is -0.116. The molecule has 7 heteroatoms. The average Bonchev–Trinajstić information content (AvgIpc) is 3.23. The molecule has 0 spiro atoms. The largest absolute Gasteiger partial charge is 0.326 e. The normalized spacial score (nSPS) is 11.1. The van der Waals surface area contributed by atoms with Crippen molar-refractivity contribution in [3.8, 4) is 10.6 Å². The number of fused-ring (bicyclic) bond motifs is 1. The Balaban J connectivity index is 1.40. The summed E-state index contributed by atoms with van der Waals surface area (Å²) in [6.07, 6.45) is 2.25. The molecule has 2 aromatic carbocycles. The molecule has 142 valence electrons. The van der Waals surface area contributed by atoms with Gasteiger partial charge in [-0.1, -0.05) is 6.07 Å². The number of halogens is 1. The Morgan fingerprint density at radius 1 is 1.18 bits per heavy atom. The van der Waals surface area contributed by atoms with Crippen LogP contribution >= 0.6 is 27.3 Å². The maximum absolute atomic E-state index is 12.2. The Labute approximate surface area is 175 Å². The molecule has 0 unspecified atom stereocenters. The number of aryl methyl sites for hydroxylation is 3. The molecule has 4 rings (SSSR count). The molecule has 1 N–H and O–H groups in total. The zero-order chi connectivity index (χ0) is 19.7. The lowest BCUT2D eigenvalue weighted by Gasteiger charge is -2.06. The summed E-state index contributed by atoms with van der Waals surface area (Å²) in [6, 6.07) is 14.1. The highest BCUT2D eigenvalue weighted by molar-refractivity contribution is 9.10. The maximum Gasteiger partial charge on any atom is 0.226 e. The number of hydrogen-bond donors (Lipinski definition) is 1. The molecular weight excluding hydrogens is 436 g/mol. The summed E-state index contributed by atoms with van der Waals surface area (Å²) in [7, 11) is 0. The fourth-order valence-corrected chi connectivity index (χ4v) is 4.28. The molecule has 5 nitrogen and oxygen atoms in total. The zero-order valence-corrected chi connectivity index (χ0v) is 18.0. The minimum Gasteiger partial charge on any atom is -0.326 e. The molecule has 0 aliphatic heterocycles. The van der Waals surface area contributed by atoms with E-state index in [1.165, 1.54) is 10.3 Å². The Morgan fingerprint density at radius 3 is 2.68 bits per heavy atom. The van der Waals surface area contributed by atoms with Gasteiger partial charge in [-0.15, -0.1) is 11.3 Å². The number of benzene rings is 2. The number of thiazole rings is 1. The Hall–Kier alpha value is -2.51. The van der Waals surface area contributed by atoms with Crippen molar-refractivity contribution in [1.82, 2.24) is 14.8 Å². The molecule has 2 aromatic heterocycles. The van der Waals surface area contributed by atoms with Gasteiger partial charge in [-0.3, -0.25) is 9.48 Å². The fourth-order valence-electron chi connectivity index (χ4n) is 2.90. The third-order valence-electron chi connectivity index (χ3n) is 4.41. The first kappa shape index (κ1) is 18.8. The summed E-state index contributed by atoms with van der Waals surface area (Å²) in [5.41, 5.74) is 5.00. The second-order valence-electron chi connectivity index (χ2n) is 6.69. The molecule has 0 aliphatic carbocycles. The number of rotatable bonds is 5. The van der Waals surface area contributed by atoms with E-state index in [0.717, 1.165) is 31.9 Å². The third-order valence-corrected chi connectivity index (χ3v) is 6.26. The molecule has 0 saturated heterocycles. The predicted octanol–water partition coefficient (Wildman–Crippen LogP) is 5.57. The fraction of sp³-hybridized carbons (Fsp3) is 0.190. The summed E-state index contributed by atoms with van der Waals surface area (Å²) in [5, 5.41) is 8.26. The number of nitrogens with zero attached hydrogens (tertiary/aromatic N) is 3. The van der Waals surface area contributed by atoms with Gasteiger partial charge in [-0.25, -0.2) is 4.98 Å². The second kappa shape index (κ2) is 7.85. The van der Waals surface area contributed by atoms with E-state index >= 15 is 0 Å². The summed E-state index contributed by atoms with van der Waals surface area (Å²) in [5.74, 6) is -0.0347. The van der Waals surface area contributed by atoms with Crippen molar-refractivity contribution in [1.29, 1.82) is 0 Å². The van der Waals surface area contributed by atoms with Gasteiger partial charge in [0.1, 0.15) is 5.01 Å². The second-order valence-corrected chi connectivity index (χ2v) is 8.58. The molecule has 0 saturated carbocycles. The summed E-state index contributed by atoms with van der Waals surface area (Å²) >= 11 is 5.11. The molecule has 0 fully saturated rings. The van der Waals surface area contributed by atoms with Gasteiger partial charge in [0, 0.05) is 30.4 Å². The first-order valence-electron chi connectivity index (χ1n) is 8.95.